The molecule has 0 saturated carbocycles. The van der Waals surface area contributed by atoms with Gasteiger partial charge in [0.1, 0.15) is 5.76 Å². The van der Waals surface area contributed by atoms with E-state index < -0.39 is 0 Å². The highest BCUT2D eigenvalue weighted by atomic mass is 16.3. The summed E-state index contributed by atoms with van der Waals surface area (Å²) in [6, 6.07) is 12.7. The first-order chi connectivity index (χ1) is 9.43. The van der Waals surface area contributed by atoms with E-state index in [2.05, 4.69) is 34.5 Å². The van der Waals surface area contributed by atoms with E-state index in [0.717, 1.165) is 38.4 Å². The molecule has 1 aromatic carbocycles. The smallest absolute Gasteiger partial charge is 0.117 e. The van der Waals surface area contributed by atoms with E-state index in [0.29, 0.717) is 0 Å². The Balaban J connectivity index is 1.39. The summed E-state index contributed by atoms with van der Waals surface area (Å²) >= 11 is 0. The molecule has 0 fully saturated rings. The van der Waals surface area contributed by atoms with Crippen LogP contribution in [0.2, 0.25) is 0 Å². The minimum atomic E-state index is 0.823. The van der Waals surface area contributed by atoms with E-state index in [9.17, 15) is 0 Å². The molecule has 2 aromatic rings. The van der Waals surface area contributed by atoms with Crippen LogP contribution in [-0.2, 0) is 13.0 Å². The van der Waals surface area contributed by atoms with Crippen LogP contribution in [0.25, 0.3) is 0 Å². The molecule has 100 valence electrons. The fraction of sp³-hybridized carbons (Fsp3) is 0.375. The predicted molar refractivity (Wildman–Crippen MR) is 77.4 cm³/mol. The van der Waals surface area contributed by atoms with Gasteiger partial charge >= 0.3 is 0 Å². The zero-order valence-corrected chi connectivity index (χ0v) is 11.1. The molecular formula is C16H20N2O. The summed E-state index contributed by atoms with van der Waals surface area (Å²) in [5.74, 6) is 1.01. The van der Waals surface area contributed by atoms with E-state index in [1.54, 1.807) is 6.26 Å². The van der Waals surface area contributed by atoms with Crippen molar-refractivity contribution in [3.05, 3.63) is 54.0 Å². The van der Waals surface area contributed by atoms with Gasteiger partial charge in [0.15, 0.2) is 0 Å². The summed E-state index contributed by atoms with van der Waals surface area (Å²) in [6.45, 7) is 4.14. The first-order valence-electron chi connectivity index (χ1n) is 6.99. The Morgan fingerprint density at radius 3 is 3.00 bits per heavy atom. The number of rotatable bonds is 6. The summed E-state index contributed by atoms with van der Waals surface area (Å²) in [7, 11) is 0. The number of anilines is 1. The Morgan fingerprint density at radius 1 is 1.16 bits per heavy atom. The fourth-order valence-corrected chi connectivity index (χ4v) is 2.66. The SMILES string of the molecule is c1coc(CNCCCN2CCc3ccccc32)c1. The number of benzene rings is 1. The van der Waals surface area contributed by atoms with Gasteiger partial charge in [-0.15, -0.1) is 0 Å². The molecule has 1 N–H and O–H groups in total. The lowest BCUT2D eigenvalue weighted by molar-refractivity contribution is 0.481. The van der Waals surface area contributed by atoms with Crippen LogP contribution in [-0.4, -0.2) is 19.6 Å². The summed E-state index contributed by atoms with van der Waals surface area (Å²) in [4.78, 5) is 2.49. The molecule has 3 rings (SSSR count). The van der Waals surface area contributed by atoms with Gasteiger partial charge in [0, 0.05) is 18.8 Å². The maximum atomic E-state index is 5.29. The van der Waals surface area contributed by atoms with E-state index >= 15 is 0 Å². The molecule has 2 heterocycles. The van der Waals surface area contributed by atoms with Gasteiger partial charge in [-0.3, -0.25) is 0 Å². The van der Waals surface area contributed by atoms with Crippen LogP contribution in [0.4, 0.5) is 5.69 Å². The summed E-state index contributed by atoms with van der Waals surface area (Å²) in [5, 5.41) is 3.42. The van der Waals surface area contributed by atoms with Gasteiger partial charge < -0.3 is 14.6 Å². The largest absolute Gasteiger partial charge is 0.468 e. The number of fused-ring (bicyclic) bond motifs is 1. The first-order valence-corrected chi connectivity index (χ1v) is 6.99. The van der Waals surface area contributed by atoms with E-state index in [-0.39, 0.29) is 0 Å². The Bertz CT molecular complexity index is 507. The number of nitrogens with zero attached hydrogens (tertiary/aromatic N) is 1. The molecule has 1 aliphatic rings. The zero-order valence-electron chi connectivity index (χ0n) is 11.1. The van der Waals surface area contributed by atoms with Crippen LogP contribution in [0, 0.1) is 0 Å². The normalized spacial score (nSPS) is 13.8. The lowest BCUT2D eigenvalue weighted by Gasteiger charge is -2.19. The molecular weight excluding hydrogens is 236 g/mol. The highest BCUT2D eigenvalue weighted by Gasteiger charge is 2.17. The van der Waals surface area contributed by atoms with E-state index in [1.165, 1.54) is 17.7 Å². The quantitative estimate of drug-likeness (QED) is 0.806. The molecule has 0 amide bonds. The van der Waals surface area contributed by atoms with Gasteiger partial charge in [-0.1, -0.05) is 18.2 Å². The lowest BCUT2D eigenvalue weighted by atomic mass is 10.2. The van der Waals surface area contributed by atoms with Crippen LogP contribution >= 0.6 is 0 Å². The lowest BCUT2D eigenvalue weighted by Crippen LogP contribution is -2.25. The van der Waals surface area contributed by atoms with Gasteiger partial charge in [0.05, 0.1) is 12.8 Å². The summed E-state index contributed by atoms with van der Waals surface area (Å²) in [6.07, 6.45) is 4.07. The number of para-hydroxylation sites is 1. The molecule has 0 radical (unpaired) electrons. The molecule has 1 aromatic heterocycles. The van der Waals surface area contributed by atoms with Crippen LogP contribution in [0.1, 0.15) is 17.7 Å². The number of hydrogen-bond donors (Lipinski definition) is 1. The fourth-order valence-electron chi connectivity index (χ4n) is 2.66. The highest BCUT2D eigenvalue weighted by molar-refractivity contribution is 5.57. The molecule has 0 aliphatic carbocycles. The summed E-state index contributed by atoms with van der Waals surface area (Å²) in [5.41, 5.74) is 2.92. The molecule has 19 heavy (non-hydrogen) atoms. The van der Waals surface area contributed by atoms with Gasteiger partial charge in [0.2, 0.25) is 0 Å². The Kier molecular flexibility index (Phi) is 3.84. The second-order valence-corrected chi connectivity index (χ2v) is 4.98. The average Bonchev–Trinajstić information content (AvgIpc) is 3.08. The summed E-state index contributed by atoms with van der Waals surface area (Å²) < 4.78 is 5.29. The van der Waals surface area contributed by atoms with Crippen molar-refractivity contribution < 1.29 is 4.42 Å². The Morgan fingerprint density at radius 2 is 2.11 bits per heavy atom. The third-order valence-electron chi connectivity index (χ3n) is 3.64. The molecule has 1 aliphatic heterocycles. The van der Waals surface area contributed by atoms with Crippen LogP contribution in [0.5, 0.6) is 0 Å². The first kappa shape index (κ1) is 12.3. The number of nitrogens with one attached hydrogen (secondary N) is 1. The average molecular weight is 256 g/mol. The molecule has 3 nitrogen and oxygen atoms in total. The van der Waals surface area contributed by atoms with Crippen molar-refractivity contribution >= 4 is 5.69 Å². The number of hydrogen-bond acceptors (Lipinski definition) is 3. The number of furan rings is 1. The van der Waals surface area contributed by atoms with Crippen molar-refractivity contribution in [1.29, 1.82) is 0 Å². The van der Waals surface area contributed by atoms with Crippen LogP contribution in [0.3, 0.4) is 0 Å². The molecule has 0 saturated heterocycles. The van der Waals surface area contributed by atoms with Crippen molar-refractivity contribution in [3.8, 4) is 0 Å². The van der Waals surface area contributed by atoms with Crippen LogP contribution < -0.4 is 10.2 Å². The van der Waals surface area contributed by atoms with Gasteiger partial charge in [-0.05, 0) is 43.1 Å². The van der Waals surface area contributed by atoms with Crippen molar-refractivity contribution in [3.63, 3.8) is 0 Å². The van der Waals surface area contributed by atoms with E-state index in [4.69, 9.17) is 4.42 Å². The van der Waals surface area contributed by atoms with Crippen molar-refractivity contribution in [2.24, 2.45) is 0 Å². The van der Waals surface area contributed by atoms with Crippen molar-refractivity contribution in [1.82, 2.24) is 5.32 Å². The second kappa shape index (κ2) is 5.93. The van der Waals surface area contributed by atoms with Crippen LogP contribution in [0.15, 0.2) is 47.1 Å². The standard InChI is InChI=1S/C16H20N2O/c1-2-7-16-14(5-1)8-11-18(16)10-4-9-17-13-15-6-3-12-19-15/h1-3,5-7,12,17H,4,8-11,13H2. The van der Waals surface area contributed by atoms with Gasteiger partial charge in [-0.2, -0.15) is 0 Å². The van der Waals surface area contributed by atoms with Crippen molar-refractivity contribution in [2.45, 2.75) is 19.4 Å². The van der Waals surface area contributed by atoms with Crippen molar-refractivity contribution in [2.75, 3.05) is 24.5 Å². The highest BCUT2D eigenvalue weighted by Crippen LogP contribution is 2.27. The minimum absolute atomic E-state index is 0.823. The maximum absolute atomic E-state index is 5.29. The minimum Gasteiger partial charge on any atom is -0.468 e. The molecule has 0 atom stereocenters. The zero-order chi connectivity index (χ0) is 12.9. The molecule has 0 bridgehead atoms. The maximum Gasteiger partial charge on any atom is 0.117 e. The van der Waals surface area contributed by atoms with E-state index in [1.807, 2.05) is 12.1 Å². The van der Waals surface area contributed by atoms with Gasteiger partial charge in [0.25, 0.3) is 0 Å². The molecule has 0 spiro atoms. The topological polar surface area (TPSA) is 28.4 Å². The second-order valence-electron chi connectivity index (χ2n) is 4.98. The third kappa shape index (κ3) is 2.99. The molecule has 0 unspecified atom stereocenters. The van der Waals surface area contributed by atoms with Gasteiger partial charge in [-0.25, -0.2) is 0 Å². The monoisotopic (exact) mass is 256 g/mol. The predicted octanol–water partition coefficient (Wildman–Crippen LogP) is 2.82. The Hall–Kier alpha value is -1.74. The Labute approximate surface area is 114 Å². The molecule has 3 heteroatoms. The third-order valence-corrected chi connectivity index (χ3v) is 3.64.